The van der Waals surface area contributed by atoms with E-state index in [2.05, 4.69) is 22.1 Å². The first-order chi connectivity index (χ1) is 9.46. The second-order valence-electron chi connectivity index (χ2n) is 5.72. The average molecular weight is 296 g/mol. The summed E-state index contributed by atoms with van der Waals surface area (Å²) in [5.41, 5.74) is -0.515. The smallest absolute Gasteiger partial charge is 0.247 e. The Labute approximate surface area is 125 Å². The van der Waals surface area contributed by atoms with Crippen molar-refractivity contribution in [1.82, 2.24) is 15.2 Å². The van der Waals surface area contributed by atoms with E-state index >= 15 is 0 Å². The van der Waals surface area contributed by atoms with E-state index in [1.165, 1.54) is 4.88 Å². The molecule has 0 bridgehead atoms. The van der Waals surface area contributed by atoms with Gasteiger partial charge in [0.25, 0.3) is 0 Å². The molecule has 1 aliphatic heterocycles. The predicted molar refractivity (Wildman–Crippen MR) is 83.2 cm³/mol. The van der Waals surface area contributed by atoms with Gasteiger partial charge in [-0.2, -0.15) is 0 Å². The van der Waals surface area contributed by atoms with Crippen LogP contribution in [0.5, 0.6) is 0 Å². The molecule has 1 aromatic heterocycles. The van der Waals surface area contributed by atoms with Crippen molar-refractivity contribution in [3.63, 3.8) is 0 Å². The van der Waals surface area contributed by atoms with Crippen molar-refractivity contribution in [2.45, 2.75) is 39.3 Å². The van der Waals surface area contributed by atoms with Crippen LogP contribution in [-0.4, -0.2) is 48.0 Å². The Morgan fingerprint density at radius 1 is 1.45 bits per heavy atom. The molecule has 0 unspecified atom stereocenters. The van der Waals surface area contributed by atoms with Gasteiger partial charge in [-0.25, -0.2) is 4.98 Å². The topological polar surface area (TPSA) is 48.5 Å². The number of hydrogen-bond acceptors (Lipinski definition) is 5. The standard InChI is InChI=1S/C14H24N4OS/c1-5-6-15-9-11-10-16-13(20-11)18-8-7-17(4)12(19)14(18,2)3/h10,15H,5-9H2,1-4H3. The van der Waals surface area contributed by atoms with E-state index in [0.29, 0.717) is 0 Å². The molecule has 6 heteroatoms. The minimum absolute atomic E-state index is 0.157. The van der Waals surface area contributed by atoms with Crippen molar-refractivity contribution < 1.29 is 4.79 Å². The number of nitrogens with zero attached hydrogens (tertiary/aromatic N) is 3. The van der Waals surface area contributed by atoms with Gasteiger partial charge in [-0.3, -0.25) is 4.79 Å². The SMILES string of the molecule is CCCNCc1cnc(N2CCN(C)C(=O)C2(C)C)s1. The van der Waals surface area contributed by atoms with Crippen molar-refractivity contribution in [2.24, 2.45) is 0 Å². The minimum atomic E-state index is -0.515. The number of hydrogen-bond donors (Lipinski definition) is 1. The number of amides is 1. The van der Waals surface area contributed by atoms with Crippen molar-refractivity contribution in [1.29, 1.82) is 0 Å². The summed E-state index contributed by atoms with van der Waals surface area (Å²) in [6, 6.07) is 0. The van der Waals surface area contributed by atoms with Crippen LogP contribution in [0.4, 0.5) is 5.13 Å². The maximum Gasteiger partial charge on any atom is 0.247 e. The van der Waals surface area contributed by atoms with Gasteiger partial charge in [0, 0.05) is 37.8 Å². The fraction of sp³-hybridized carbons (Fsp3) is 0.714. The number of anilines is 1. The molecule has 1 aromatic rings. The van der Waals surface area contributed by atoms with Gasteiger partial charge < -0.3 is 15.1 Å². The van der Waals surface area contributed by atoms with E-state index in [-0.39, 0.29) is 5.91 Å². The monoisotopic (exact) mass is 296 g/mol. The normalized spacial score (nSPS) is 18.7. The molecule has 112 valence electrons. The highest BCUT2D eigenvalue weighted by atomic mass is 32.1. The van der Waals surface area contributed by atoms with Crippen LogP contribution >= 0.6 is 11.3 Å². The lowest BCUT2D eigenvalue weighted by atomic mass is 9.99. The van der Waals surface area contributed by atoms with Gasteiger partial charge in [-0.15, -0.1) is 11.3 Å². The van der Waals surface area contributed by atoms with Gasteiger partial charge in [-0.1, -0.05) is 6.92 Å². The number of piperazine rings is 1. The molecule has 20 heavy (non-hydrogen) atoms. The molecule has 1 N–H and O–H groups in total. The summed E-state index contributed by atoms with van der Waals surface area (Å²) in [4.78, 5) is 22.0. The number of carbonyl (C=O) groups excluding carboxylic acids is 1. The predicted octanol–water partition coefficient (Wildman–Crippen LogP) is 1.70. The summed E-state index contributed by atoms with van der Waals surface area (Å²) in [7, 11) is 1.86. The summed E-state index contributed by atoms with van der Waals surface area (Å²) in [6.45, 7) is 9.57. The van der Waals surface area contributed by atoms with Crippen LogP contribution in [-0.2, 0) is 11.3 Å². The molecular formula is C14H24N4OS. The van der Waals surface area contributed by atoms with Crippen molar-refractivity contribution >= 4 is 22.4 Å². The first-order valence-corrected chi connectivity index (χ1v) is 7.97. The van der Waals surface area contributed by atoms with Crippen LogP contribution < -0.4 is 10.2 Å². The van der Waals surface area contributed by atoms with Crippen molar-refractivity contribution in [3.8, 4) is 0 Å². The number of rotatable bonds is 5. The molecule has 0 spiro atoms. The number of likely N-dealkylation sites (N-methyl/N-ethyl adjacent to an activating group) is 1. The quantitative estimate of drug-likeness (QED) is 0.840. The zero-order valence-corrected chi connectivity index (χ0v) is 13.6. The summed E-state index contributed by atoms with van der Waals surface area (Å²) < 4.78 is 0. The van der Waals surface area contributed by atoms with Gasteiger partial charge in [0.1, 0.15) is 5.54 Å². The van der Waals surface area contributed by atoms with Gasteiger partial charge >= 0.3 is 0 Å². The molecular weight excluding hydrogens is 272 g/mol. The Morgan fingerprint density at radius 2 is 2.20 bits per heavy atom. The van der Waals surface area contributed by atoms with E-state index in [1.807, 2.05) is 27.1 Å². The molecule has 0 aromatic carbocycles. The fourth-order valence-corrected chi connectivity index (χ4v) is 3.49. The summed E-state index contributed by atoms with van der Waals surface area (Å²) in [5.74, 6) is 0.157. The Morgan fingerprint density at radius 3 is 2.90 bits per heavy atom. The largest absolute Gasteiger partial charge is 0.342 e. The lowest BCUT2D eigenvalue weighted by Gasteiger charge is -2.44. The number of thiazole rings is 1. The molecule has 1 aliphatic rings. The van der Waals surface area contributed by atoms with Gasteiger partial charge in [0.05, 0.1) is 0 Å². The Balaban J connectivity index is 2.09. The van der Waals surface area contributed by atoms with E-state index in [9.17, 15) is 4.79 Å². The Bertz CT molecular complexity index is 471. The molecule has 0 saturated carbocycles. The fourth-order valence-electron chi connectivity index (χ4n) is 2.44. The van der Waals surface area contributed by atoms with Crippen molar-refractivity contribution in [3.05, 3.63) is 11.1 Å². The van der Waals surface area contributed by atoms with Crippen molar-refractivity contribution in [2.75, 3.05) is 31.6 Å². The van der Waals surface area contributed by atoms with Crippen LogP contribution in [0.15, 0.2) is 6.20 Å². The summed E-state index contributed by atoms with van der Waals surface area (Å²) in [6.07, 6.45) is 3.05. The van der Waals surface area contributed by atoms with E-state index in [4.69, 9.17) is 0 Å². The maximum absolute atomic E-state index is 12.3. The number of carbonyl (C=O) groups is 1. The minimum Gasteiger partial charge on any atom is -0.342 e. The molecule has 2 heterocycles. The first-order valence-electron chi connectivity index (χ1n) is 7.15. The van der Waals surface area contributed by atoms with E-state index < -0.39 is 5.54 Å². The Kier molecular flexibility index (Phi) is 4.65. The third-order valence-corrected chi connectivity index (χ3v) is 4.72. The highest BCUT2D eigenvalue weighted by Crippen LogP contribution is 2.31. The van der Waals surface area contributed by atoms with Crippen LogP contribution in [0, 0.1) is 0 Å². The molecule has 0 atom stereocenters. The number of nitrogens with one attached hydrogen (secondary N) is 1. The maximum atomic E-state index is 12.3. The zero-order valence-electron chi connectivity index (χ0n) is 12.8. The molecule has 5 nitrogen and oxygen atoms in total. The molecule has 1 amide bonds. The third kappa shape index (κ3) is 2.96. The molecule has 1 saturated heterocycles. The van der Waals surface area contributed by atoms with Crippen LogP contribution in [0.3, 0.4) is 0 Å². The second-order valence-corrected chi connectivity index (χ2v) is 6.82. The molecule has 0 radical (unpaired) electrons. The first kappa shape index (κ1) is 15.3. The lowest BCUT2D eigenvalue weighted by molar-refractivity contribution is -0.136. The lowest BCUT2D eigenvalue weighted by Crippen LogP contribution is -2.62. The summed E-state index contributed by atoms with van der Waals surface area (Å²) >= 11 is 1.68. The molecule has 2 rings (SSSR count). The zero-order chi connectivity index (χ0) is 14.8. The summed E-state index contributed by atoms with van der Waals surface area (Å²) in [5, 5.41) is 4.33. The number of aromatic nitrogens is 1. The van der Waals surface area contributed by atoms with E-state index in [1.54, 1.807) is 16.2 Å². The highest BCUT2D eigenvalue weighted by Gasteiger charge is 2.41. The molecule has 0 aliphatic carbocycles. The highest BCUT2D eigenvalue weighted by molar-refractivity contribution is 7.15. The van der Waals surface area contributed by atoms with Gasteiger partial charge in [-0.05, 0) is 26.8 Å². The van der Waals surface area contributed by atoms with Crippen LogP contribution in [0.25, 0.3) is 0 Å². The Hall–Kier alpha value is -1.14. The van der Waals surface area contributed by atoms with E-state index in [0.717, 1.165) is 37.7 Å². The van der Waals surface area contributed by atoms with Gasteiger partial charge in [0.2, 0.25) is 5.91 Å². The van der Waals surface area contributed by atoms with Gasteiger partial charge in [0.15, 0.2) is 5.13 Å². The molecule has 1 fully saturated rings. The van der Waals surface area contributed by atoms with Crippen LogP contribution in [0.1, 0.15) is 32.1 Å². The third-order valence-electron chi connectivity index (χ3n) is 3.70. The van der Waals surface area contributed by atoms with Crippen LogP contribution in [0.2, 0.25) is 0 Å². The average Bonchev–Trinajstić information content (AvgIpc) is 2.85. The second kappa shape index (κ2) is 6.10.